The molecule has 4 nitrogen and oxygen atoms in total. The van der Waals surface area contributed by atoms with Crippen molar-refractivity contribution in [2.24, 2.45) is 0 Å². The number of hydrogen-bond donors (Lipinski definition) is 1. The molecule has 0 bridgehead atoms. The Bertz CT molecular complexity index is 677. The van der Waals surface area contributed by atoms with Crippen molar-refractivity contribution in [3.05, 3.63) is 65.7 Å². The highest BCUT2D eigenvalue weighted by Crippen LogP contribution is 2.20. The lowest BCUT2D eigenvalue weighted by atomic mass is 10.1. The molecule has 1 aromatic carbocycles. The van der Waals surface area contributed by atoms with Crippen molar-refractivity contribution in [3.63, 3.8) is 0 Å². The zero-order chi connectivity index (χ0) is 16.2. The summed E-state index contributed by atoms with van der Waals surface area (Å²) in [5.74, 6) is -0.958. The van der Waals surface area contributed by atoms with E-state index < -0.39 is 5.82 Å². The number of nitrogens with zero attached hydrogens (tertiary/aromatic N) is 2. The fraction of sp³-hybridized carbons (Fsp3) is 0.333. The molecule has 0 aliphatic carbocycles. The van der Waals surface area contributed by atoms with Gasteiger partial charge in [0.15, 0.2) is 5.82 Å². The molecule has 0 spiro atoms. The Kier molecular flexibility index (Phi) is 4.67. The van der Waals surface area contributed by atoms with Gasteiger partial charge in [0.1, 0.15) is 0 Å². The fourth-order valence-electron chi connectivity index (χ4n) is 3.06. The summed E-state index contributed by atoms with van der Waals surface area (Å²) in [5.41, 5.74) is 1.31. The molecule has 2 atom stereocenters. The maximum Gasteiger partial charge on any atom is 0.254 e. The van der Waals surface area contributed by atoms with Gasteiger partial charge in [-0.3, -0.25) is 14.7 Å². The van der Waals surface area contributed by atoms with Crippen LogP contribution in [0.2, 0.25) is 0 Å². The number of rotatable bonds is 4. The molecule has 2 aromatic rings. The minimum Gasteiger partial charge on any atom is -0.348 e. The Hall–Kier alpha value is -2.27. The average molecular weight is 313 g/mol. The van der Waals surface area contributed by atoms with Crippen LogP contribution in [0.25, 0.3) is 0 Å². The summed E-state index contributed by atoms with van der Waals surface area (Å²) in [7, 11) is 0. The molecule has 1 amide bonds. The monoisotopic (exact) mass is 313 g/mol. The number of halogens is 1. The molecule has 1 fully saturated rings. The molecule has 0 radical (unpaired) electrons. The third kappa shape index (κ3) is 3.74. The molecule has 3 rings (SSSR count). The summed E-state index contributed by atoms with van der Waals surface area (Å²) in [6, 6.07) is 12.1. The van der Waals surface area contributed by atoms with E-state index in [1.165, 1.54) is 17.8 Å². The van der Waals surface area contributed by atoms with Crippen molar-refractivity contribution >= 4 is 5.91 Å². The molecule has 1 aliphatic rings. The standard InChI is InChI=1S/C18H20FN3O/c1-13-9-15(12-22(13)11-14-5-3-2-4-6-14)21-18(23)16-7-8-20-10-17(16)19/h2-8,10,13,15H,9,11-12H2,1H3,(H,21,23)/t13-,15-/m0/s1. The van der Waals surface area contributed by atoms with E-state index in [1.807, 2.05) is 18.2 Å². The van der Waals surface area contributed by atoms with Crippen molar-refractivity contribution < 1.29 is 9.18 Å². The molecule has 1 N–H and O–H groups in total. The van der Waals surface area contributed by atoms with Gasteiger partial charge in [-0.05, 0) is 25.0 Å². The molecule has 0 saturated carbocycles. The lowest BCUT2D eigenvalue weighted by molar-refractivity contribution is 0.0933. The van der Waals surface area contributed by atoms with E-state index in [9.17, 15) is 9.18 Å². The molecule has 1 aliphatic heterocycles. The highest BCUT2D eigenvalue weighted by molar-refractivity contribution is 5.94. The third-order valence-electron chi connectivity index (χ3n) is 4.28. The van der Waals surface area contributed by atoms with E-state index >= 15 is 0 Å². The zero-order valence-electron chi connectivity index (χ0n) is 13.1. The number of aromatic nitrogens is 1. The Labute approximate surface area is 135 Å². The molecular formula is C18H20FN3O. The first kappa shape index (κ1) is 15.6. The number of pyridine rings is 1. The quantitative estimate of drug-likeness (QED) is 0.944. The number of carbonyl (C=O) groups excluding carboxylic acids is 1. The second-order valence-electron chi connectivity index (χ2n) is 6.03. The van der Waals surface area contributed by atoms with Crippen LogP contribution >= 0.6 is 0 Å². The van der Waals surface area contributed by atoms with Gasteiger partial charge in [-0.2, -0.15) is 0 Å². The molecule has 120 valence electrons. The van der Waals surface area contributed by atoms with Gasteiger partial charge in [0, 0.05) is 31.4 Å². The van der Waals surface area contributed by atoms with E-state index in [2.05, 4.69) is 34.3 Å². The van der Waals surface area contributed by atoms with Crippen LogP contribution < -0.4 is 5.32 Å². The van der Waals surface area contributed by atoms with Crippen molar-refractivity contribution in [1.29, 1.82) is 0 Å². The fourth-order valence-corrected chi connectivity index (χ4v) is 3.06. The molecule has 0 unspecified atom stereocenters. The van der Waals surface area contributed by atoms with Gasteiger partial charge in [0.2, 0.25) is 0 Å². The predicted molar refractivity (Wildman–Crippen MR) is 86.4 cm³/mol. The Morgan fingerprint density at radius 1 is 1.35 bits per heavy atom. The molecule has 2 heterocycles. The van der Waals surface area contributed by atoms with Crippen LogP contribution in [0.3, 0.4) is 0 Å². The van der Waals surface area contributed by atoms with Gasteiger partial charge in [0.05, 0.1) is 11.8 Å². The summed E-state index contributed by atoms with van der Waals surface area (Å²) in [4.78, 5) is 18.2. The largest absolute Gasteiger partial charge is 0.348 e. The van der Waals surface area contributed by atoms with Crippen molar-refractivity contribution in [3.8, 4) is 0 Å². The summed E-state index contributed by atoms with van der Waals surface area (Å²) in [5, 5.41) is 2.93. The topological polar surface area (TPSA) is 45.2 Å². The van der Waals surface area contributed by atoms with Gasteiger partial charge < -0.3 is 5.32 Å². The second kappa shape index (κ2) is 6.87. The van der Waals surface area contributed by atoms with Gasteiger partial charge in [-0.25, -0.2) is 4.39 Å². The van der Waals surface area contributed by atoms with Crippen molar-refractivity contribution in [1.82, 2.24) is 15.2 Å². The van der Waals surface area contributed by atoms with Crippen molar-refractivity contribution in [2.75, 3.05) is 6.54 Å². The summed E-state index contributed by atoms with van der Waals surface area (Å²) >= 11 is 0. The van der Waals surface area contributed by atoms with Crippen LogP contribution in [-0.2, 0) is 6.54 Å². The number of hydrogen-bond acceptors (Lipinski definition) is 3. The maximum atomic E-state index is 13.6. The SMILES string of the molecule is C[C@H]1C[C@H](NC(=O)c2ccncc2F)CN1Cc1ccccc1. The maximum absolute atomic E-state index is 13.6. The number of benzene rings is 1. The van der Waals surface area contributed by atoms with Gasteiger partial charge >= 0.3 is 0 Å². The van der Waals surface area contributed by atoms with Gasteiger partial charge in [-0.15, -0.1) is 0 Å². The smallest absolute Gasteiger partial charge is 0.254 e. The first-order valence-electron chi connectivity index (χ1n) is 7.82. The van der Waals surface area contributed by atoms with E-state index in [-0.39, 0.29) is 17.5 Å². The molecule has 1 aromatic heterocycles. The normalized spacial score (nSPS) is 21.3. The van der Waals surface area contributed by atoms with Crippen molar-refractivity contribution in [2.45, 2.75) is 32.0 Å². The summed E-state index contributed by atoms with van der Waals surface area (Å²) < 4.78 is 13.6. The lowest BCUT2D eigenvalue weighted by Gasteiger charge is -2.20. The third-order valence-corrected chi connectivity index (χ3v) is 4.28. The Balaban J connectivity index is 1.60. The van der Waals surface area contributed by atoms with Crippen LogP contribution in [0.5, 0.6) is 0 Å². The van der Waals surface area contributed by atoms with Gasteiger partial charge in [-0.1, -0.05) is 30.3 Å². The minimum absolute atomic E-state index is 0.0359. The van der Waals surface area contributed by atoms with Crippen LogP contribution in [0.15, 0.2) is 48.8 Å². The highest BCUT2D eigenvalue weighted by atomic mass is 19.1. The lowest BCUT2D eigenvalue weighted by Crippen LogP contribution is -2.37. The molecule has 1 saturated heterocycles. The summed E-state index contributed by atoms with van der Waals surface area (Å²) in [6.07, 6.45) is 3.36. The van der Waals surface area contributed by atoms with E-state index in [1.54, 1.807) is 0 Å². The Morgan fingerprint density at radius 2 is 2.13 bits per heavy atom. The summed E-state index contributed by atoms with van der Waals surface area (Å²) in [6.45, 7) is 3.79. The van der Waals surface area contributed by atoms with Crippen LogP contribution in [0.1, 0.15) is 29.3 Å². The van der Waals surface area contributed by atoms with E-state index in [0.717, 1.165) is 25.7 Å². The first-order chi connectivity index (χ1) is 11.1. The highest BCUT2D eigenvalue weighted by Gasteiger charge is 2.30. The van der Waals surface area contributed by atoms with E-state index in [4.69, 9.17) is 0 Å². The molecule has 23 heavy (non-hydrogen) atoms. The number of carbonyl (C=O) groups is 1. The molecular weight excluding hydrogens is 293 g/mol. The van der Waals surface area contributed by atoms with Crippen LogP contribution in [0, 0.1) is 5.82 Å². The first-order valence-corrected chi connectivity index (χ1v) is 7.82. The number of likely N-dealkylation sites (tertiary alicyclic amines) is 1. The zero-order valence-corrected chi connectivity index (χ0v) is 13.1. The molecule has 5 heteroatoms. The van der Waals surface area contributed by atoms with E-state index in [0.29, 0.717) is 6.04 Å². The van der Waals surface area contributed by atoms with Crippen LogP contribution in [-0.4, -0.2) is 34.4 Å². The second-order valence-corrected chi connectivity index (χ2v) is 6.03. The van der Waals surface area contributed by atoms with Gasteiger partial charge in [0.25, 0.3) is 5.91 Å². The Morgan fingerprint density at radius 3 is 2.87 bits per heavy atom. The minimum atomic E-state index is -0.586. The predicted octanol–water partition coefficient (Wildman–Crippen LogP) is 2.61. The average Bonchev–Trinajstić information content (AvgIpc) is 2.88. The number of nitrogens with one attached hydrogen (secondary N) is 1. The van der Waals surface area contributed by atoms with Crippen LogP contribution in [0.4, 0.5) is 4.39 Å². The number of amides is 1.